The number of ketones is 1. The average molecular weight is 274 g/mol. The van der Waals surface area contributed by atoms with Crippen LogP contribution in [0.15, 0.2) is 24.3 Å². The number of phenols is 1. The van der Waals surface area contributed by atoms with Gasteiger partial charge in [0.1, 0.15) is 15.6 Å². The summed E-state index contributed by atoms with van der Waals surface area (Å²) in [5, 5.41) is 9.06. The van der Waals surface area contributed by atoms with Gasteiger partial charge in [-0.1, -0.05) is 0 Å². The van der Waals surface area contributed by atoms with E-state index in [1.54, 1.807) is 12.1 Å². The lowest BCUT2D eigenvalue weighted by molar-refractivity contribution is 0.102. The second-order valence-corrected chi connectivity index (χ2v) is 7.02. The molecule has 1 N–H and O–H groups in total. The Kier molecular flexibility index (Phi) is 5.02. The van der Waals surface area contributed by atoms with Gasteiger partial charge in [-0.2, -0.15) is 11.8 Å². The molecule has 0 aromatic heterocycles. The molecule has 0 fully saturated rings. The normalized spacial score (nSPS) is 11.4. The van der Waals surface area contributed by atoms with Crippen molar-refractivity contribution in [3.8, 4) is 5.75 Å². The van der Waals surface area contributed by atoms with Crippen LogP contribution in [0.1, 0.15) is 10.4 Å². The Morgan fingerprint density at radius 1 is 1.29 bits per heavy atom. The summed E-state index contributed by atoms with van der Waals surface area (Å²) in [5.74, 6) is 0.804. The number of carbonyl (C=O) groups is 1. The zero-order valence-corrected chi connectivity index (χ0v) is 11.1. The molecule has 17 heavy (non-hydrogen) atoms. The summed E-state index contributed by atoms with van der Waals surface area (Å²) in [6, 6.07) is 6.01. The summed E-state index contributed by atoms with van der Waals surface area (Å²) >= 11 is 1.30. The van der Waals surface area contributed by atoms with Gasteiger partial charge < -0.3 is 5.11 Å². The summed E-state index contributed by atoms with van der Waals surface area (Å²) in [6.07, 6.45) is 1.18. The molecule has 4 nitrogen and oxygen atoms in total. The van der Waals surface area contributed by atoms with E-state index in [1.165, 1.54) is 30.2 Å². The molecule has 0 saturated carbocycles. The molecule has 0 saturated heterocycles. The van der Waals surface area contributed by atoms with Gasteiger partial charge in [0.05, 0.1) is 11.5 Å². The van der Waals surface area contributed by atoms with Crippen molar-refractivity contribution in [3.05, 3.63) is 29.8 Å². The molecule has 6 heteroatoms. The van der Waals surface area contributed by atoms with E-state index in [0.29, 0.717) is 11.3 Å². The predicted octanol–water partition coefficient (Wildman–Crippen LogP) is 1.35. The first-order valence-electron chi connectivity index (χ1n) is 4.96. The number of hydrogen-bond donors (Lipinski definition) is 1. The summed E-state index contributed by atoms with van der Waals surface area (Å²) < 4.78 is 21.7. The second-order valence-electron chi connectivity index (χ2n) is 3.65. The minimum atomic E-state index is -2.96. The first-order valence-corrected chi connectivity index (χ1v) is 8.18. The molecular formula is C11H14O4S2. The van der Waals surface area contributed by atoms with Crippen molar-refractivity contribution in [1.29, 1.82) is 0 Å². The van der Waals surface area contributed by atoms with Crippen molar-refractivity contribution in [2.45, 2.75) is 0 Å². The fourth-order valence-corrected chi connectivity index (χ4v) is 3.28. The van der Waals surface area contributed by atoms with Gasteiger partial charge in [-0.15, -0.1) is 0 Å². The molecule has 1 aromatic carbocycles. The number of benzene rings is 1. The summed E-state index contributed by atoms with van der Waals surface area (Å²) in [4.78, 5) is 11.6. The molecule has 0 heterocycles. The monoisotopic (exact) mass is 274 g/mol. The van der Waals surface area contributed by atoms with Crippen LogP contribution in [-0.4, -0.2) is 42.8 Å². The summed E-state index contributed by atoms with van der Waals surface area (Å²) in [7, 11) is -2.96. The third-order valence-electron chi connectivity index (χ3n) is 2.02. The number of Topliss-reactive ketones (excluding diaryl/α,β-unsaturated/α-hetero) is 1. The zero-order chi connectivity index (χ0) is 12.9. The molecule has 1 aromatic rings. The fourth-order valence-electron chi connectivity index (χ4n) is 1.11. The van der Waals surface area contributed by atoms with Gasteiger partial charge in [0.2, 0.25) is 0 Å². The quantitative estimate of drug-likeness (QED) is 0.626. The minimum absolute atomic E-state index is 0.0662. The van der Waals surface area contributed by atoms with Gasteiger partial charge in [0, 0.05) is 17.6 Å². The lowest BCUT2D eigenvalue weighted by Crippen LogP contribution is -2.08. The van der Waals surface area contributed by atoms with E-state index >= 15 is 0 Å². The van der Waals surface area contributed by atoms with Crippen LogP contribution in [0, 0.1) is 0 Å². The highest BCUT2D eigenvalue weighted by molar-refractivity contribution is 8.01. The smallest absolute Gasteiger partial charge is 0.172 e. The molecule has 0 radical (unpaired) electrons. The Balaban J connectivity index is 2.38. The lowest BCUT2D eigenvalue weighted by Gasteiger charge is -2.01. The largest absolute Gasteiger partial charge is 0.508 e. The van der Waals surface area contributed by atoms with Crippen LogP contribution < -0.4 is 0 Å². The standard InChI is InChI=1S/C11H14O4S2/c1-17(14,15)7-6-16-8-11(13)9-2-4-10(12)5-3-9/h2-5,12H,6-8H2,1H3. The fraction of sp³-hybridized carbons (Fsp3) is 0.364. The maximum atomic E-state index is 11.6. The number of thioether (sulfide) groups is 1. The van der Waals surface area contributed by atoms with Crippen molar-refractivity contribution in [2.75, 3.05) is 23.5 Å². The number of phenolic OH excluding ortho intramolecular Hbond substituents is 1. The lowest BCUT2D eigenvalue weighted by atomic mass is 10.1. The van der Waals surface area contributed by atoms with E-state index in [-0.39, 0.29) is 23.0 Å². The second kappa shape index (κ2) is 6.07. The minimum Gasteiger partial charge on any atom is -0.508 e. The van der Waals surface area contributed by atoms with Crippen molar-refractivity contribution in [1.82, 2.24) is 0 Å². The van der Waals surface area contributed by atoms with Crippen molar-refractivity contribution in [3.63, 3.8) is 0 Å². The van der Waals surface area contributed by atoms with Crippen molar-refractivity contribution >= 4 is 27.4 Å². The first kappa shape index (κ1) is 14.1. The molecule has 0 aliphatic carbocycles. The Labute approximate surface area is 105 Å². The van der Waals surface area contributed by atoms with Gasteiger partial charge in [-0.3, -0.25) is 4.79 Å². The van der Waals surface area contributed by atoms with E-state index in [0.717, 1.165) is 0 Å². The van der Waals surface area contributed by atoms with Crippen LogP contribution in [0.5, 0.6) is 5.75 Å². The zero-order valence-electron chi connectivity index (χ0n) is 9.42. The Morgan fingerprint density at radius 3 is 2.41 bits per heavy atom. The molecule has 1 rings (SSSR count). The molecular weight excluding hydrogens is 260 g/mol. The molecule has 0 unspecified atom stereocenters. The summed E-state index contributed by atoms with van der Waals surface area (Å²) in [5.41, 5.74) is 0.523. The topological polar surface area (TPSA) is 71.4 Å². The molecule has 0 amide bonds. The van der Waals surface area contributed by atoms with E-state index in [9.17, 15) is 13.2 Å². The highest BCUT2D eigenvalue weighted by Crippen LogP contribution is 2.12. The predicted molar refractivity (Wildman–Crippen MR) is 69.5 cm³/mol. The SMILES string of the molecule is CS(=O)(=O)CCSCC(=O)c1ccc(O)cc1. The molecule has 0 aliphatic rings. The molecule has 0 atom stereocenters. The number of aromatic hydroxyl groups is 1. The van der Waals surface area contributed by atoms with Crippen molar-refractivity contribution < 1.29 is 18.3 Å². The van der Waals surface area contributed by atoms with E-state index < -0.39 is 9.84 Å². The molecule has 0 aliphatic heterocycles. The van der Waals surface area contributed by atoms with Crippen LogP contribution in [0.25, 0.3) is 0 Å². The van der Waals surface area contributed by atoms with E-state index in [1.807, 2.05) is 0 Å². The van der Waals surface area contributed by atoms with Gasteiger partial charge in [0.25, 0.3) is 0 Å². The third-order valence-corrected chi connectivity index (χ3v) is 4.18. The van der Waals surface area contributed by atoms with E-state index in [2.05, 4.69) is 0 Å². The van der Waals surface area contributed by atoms with Crippen LogP contribution in [-0.2, 0) is 9.84 Å². The Morgan fingerprint density at radius 2 is 1.88 bits per heavy atom. The Bertz CT molecular complexity index is 477. The first-order chi connectivity index (χ1) is 7.88. The van der Waals surface area contributed by atoms with Crippen LogP contribution in [0.4, 0.5) is 0 Å². The van der Waals surface area contributed by atoms with Gasteiger partial charge >= 0.3 is 0 Å². The maximum absolute atomic E-state index is 11.6. The van der Waals surface area contributed by atoms with Gasteiger partial charge in [-0.05, 0) is 24.3 Å². The van der Waals surface area contributed by atoms with Gasteiger partial charge in [-0.25, -0.2) is 8.42 Å². The third kappa shape index (κ3) is 5.74. The van der Waals surface area contributed by atoms with Crippen LogP contribution >= 0.6 is 11.8 Å². The Hall–Kier alpha value is -1.01. The highest BCUT2D eigenvalue weighted by atomic mass is 32.2. The van der Waals surface area contributed by atoms with Crippen LogP contribution in [0.2, 0.25) is 0 Å². The average Bonchev–Trinajstić information content (AvgIpc) is 2.24. The number of hydrogen-bond acceptors (Lipinski definition) is 5. The maximum Gasteiger partial charge on any atom is 0.172 e. The molecule has 0 bridgehead atoms. The molecule has 94 valence electrons. The highest BCUT2D eigenvalue weighted by Gasteiger charge is 2.07. The number of rotatable bonds is 6. The van der Waals surface area contributed by atoms with Crippen LogP contribution in [0.3, 0.4) is 0 Å². The summed E-state index contributed by atoms with van der Waals surface area (Å²) in [6.45, 7) is 0. The number of carbonyl (C=O) groups excluding carboxylic acids is 1. The van der Waals surface area contributed by atoms with Gasteiger partial charge in [0.15, 0.2) is 5.78 Å². The van der Waals surface area contributed by atoms with Crippen molar-refractivity contribution in [2.24, 2.45) is 0 Å². The van der Waals surface area contributed by atoms with E-state index in [4.69, 9.17) is 5.11 Å². The number of sulfone groups is 1. The molecule has 0 spiro atoms.